The van der Waals surface area contributed by atoms with Crippen molar-refractivity contribution in [2.75, 3.05) is 19.6 Å². The number of rotatable bonds is 4. The summed E-state index contributed by atoms with van der Waals surface area (Å²) in [5.41, 5.74) is -2.77. The smallest absolute Gasteiger partial charge is 0.265 e. The molecule has 2 fully saturated rings. The summed E-state index contributed by atoms with van der Waals surface area (Å²) in [5.74, 6) is -0.419. The number of likely N-dealkylation sites (tertiary alicyclic amines) is 2. The summed E-state index contributed by atoms with van der Waals surface area (Å²) in [5, 5.41) is 17.4. The third-order valence-electron chi connectivity index (χ3n) is 5.88. The van der Waals surface area contributed by atoms with E-state index >= 15 is 8.78 Å². The standard InChI is InChI=1S/C20H18F2N6O2/c1-12-25-26-17(30-12)8-28-10-19(21)9-27(11-20(19,22)18(28)29)7-14-6-24-16-3-2-13(5-23)4-15(14)16/h2-4,6,24H,7-11H2,1H3/t19-,20+/m0/s1. The molecule has 8 nitrogen and oxygen atoms in total. The largest absolute Gasteiger partial charge is 0.424 e. The number of benzene rings is 1. The van der Waals surface area contributed by atoms with Crippen molar-refractivity contribution in [2.45, 2.75) is 31.4 Å². The number of alkyl halides is 2. The summed E-state index contributed by atoms with van der Waals surface area (Å²) < 4.78 is 36.5. The van der Waals surface area contributed by atoms with E-state index in [2.05, 4.69) is 21.3 Å². The number of hydrogen-bond acceptors (Lipinski definition) is 6. The maximum Gasteiger partial charge on any atom is 0.265 e. The number of carbonyl (C=O) groups is 1. The second-order valence-electron chi connectivity index (χ2n) is 7.97. The molecule has 0 radical (unpaired) electrons. The summed E-state index contributed by atoms with van der Waals surface area (Å²) in [6.45, 7) is 0.837. The predicted octanol–water partition coefficient (Wildman–Crippen LogP) is 2.01. The number of nitrogens with one attached hydrogen (secondary N) is 1. The predicted molar refractivity (Wildman–Crippen MR) is 100 cm³/mol. The molecule has 1 amide bonds. The molecule has 0 unspecified atom stereocenters. The van der Waals surface area contributed by atoms with Gasteiger partial charge in [0.15, 0.2) is 5.67 Å². The Balaban J connectivity index is 1.35. The zero-order valence-corrected chi connectivity index (χ0v) is 16.2. The van der Waals surface area contributed by atoms with Gasteiger partial charge >= 0.3 is 0 Å². The number of hydrogen-bond donors (Lipinski definition) is 1. The van der Waals surface area contributed by atoms with E-state index < -0.39 is 17.2 Å². The Labute approximate surface area is 170 Å². The molecule has 154 valence electrons. The monoisotopic (exact) mass is 412 g/mol. The molecule has 3 aromatic rings. The van der Waals surface area contributed by atoms with Crippen LogP contribution in [-0.2, 0) is 17.9 Å². The fourth-order valence-electron chi connectivity index (χ4n) is 4.47. The molecule has 0 saturated carbocycles. The lowest BCUT2D eigenvalue weighted by Crippen LogP contribution is -2.47. The number of nitriles is 1. The molecule has 2 aromatic heterocycles. The van der Waals surface area contributed by atoms with Crippen molar-refractivity contribution in [2.24, 2.45) is 0 Å². The van der Waals surface area contributed by atoms with Gasteiger partial charge in [-0.1, -0.05) is 0 Å². The molecule has 5 rings (SSSR count). The van der Waals surface area contributed by atoms with Gasteiger partial charge in [-0.3, -0.25) is 9.69 Å². The first kappa shape index (κ1) is 18.7. The van der Waals surface area contributed by atoms with E-state index in [1.54, 1.807) is 36.2 Å². The summed E-state index contributed by atoms with van der Waals surface area (Å²) in [6.07, 6.45) is 1.77. The van der Waals surface area contributed by atoms with Crippen LogP contribution < -0.4 is 0 Å². The minimum absolute atomic E-state index is 0.115. The van der Waals surface area contributed by atoms with Crippen molar-refractivity contribution < 1.29 is 18.0 Å². The van der Waals surface area contributed by atoms with Crippen molar-refractivity contribution in [1.82, 2.24) is 25.0 Å². The summed E-state index contributed by atoms with van der Waals surface area (Å²) in [7, 11) is 0. The second kappa shape index (κ2) is 6.34. The van der Waals surface area contributed by atoms with Crippen molar-refractivity contribution in [1.29, 1.82) is 5.26 Å². The molecular formula is C20H18F2N6O2. The minimum atomic E-state index is -2.62. The topological polar surface area (TPSA) is 102 Å². The van der Waals surface area contributed by atoms with Crippen LogP contribution in [0.2, 0.25) is 0 Å². The first-order valence-electron chi connectivity index (χ1n) is 9.50. The summed E-state index contributed by atoms with van der Waals surface area (Å²) >= 11 is 0. The number of H-pyrrole nitrogens is 1. The van der Waals surface area contributed by atoms with E-state index in [0.29, 0.717) is 11.5 Å². The van der Waals surface area contributed by atoms with Gasteiger partial charge in [-0.15, -0.1) is 10.2 Å². The van der Waals surface area contributed by atoms with Crippen LogP contribution >= 0.6 is 0 Å². The van der Waals surface area contributed by atoms with E-state index in [1.807, 2.05) is 0 Å². The molecule has 0 aliphatic carbocycles. The van der Waals surface area contributed by atoms with Crippen LogP contribution in [0.25, 0.3) is 10.9 Å². The average molecular weight is 412 g/mol. The number of nitrogens with zero attached hydrogens (tertiary/aromatic N) is 5. The highest BCUT2D eigenvalue weighted by Gasteiger charge is 2.71. The number of fused-ring (bicyclic) bond motifs is 2. The van der Waals surface area contributed by atoms with E-state index in [-0.39, 0.29) is 38.6 Å². The van der Waals surface area contributed by atoms with E-state index in [1.165, 1.54) is 0 Å². The number of amides is 1. The van der Waals surface area contributed by atoms with Gasteiger partial charge in [0.05, 0.1) is 24.7 Å². The fourth-order valence-corrected chi connectivity index (χ4v) is 4.47. The van der Waals surface area contributed by atoms with Crippen LogP contribution in [-0.4, -0.2) is 61.9 Å². The van der Waals surface area contributed by atoms with E-state index in [4.69, 9.17) is 9.68 Å². The van der Waals surface area contributed by atoms with Gasteiger partial charge in [-0.25, -0.2) is 8.78 Å². The molecule has 0 bridgehead atoms. The molecule has 0 spiro atoms. The Kier molecular flexibility index (Phi) is 3.95. The summed E-state index contributed by atoms with van der Waals surface area (Å²) in [4.78, 5) is 18.5. The van der Waals surface area contributed by atoms with Crippen LogP contribution in [0.1, 0.15) is 22.9 Å². The van der Waals surface area contributed by atoms with Crippen LogP contribution in [0.15, 0.2) is 28.8 Å². The maximum atomic E-state index is 15.6. The van der Waals surface area contributed by atoms with Crippen molar-refractivity contribution in [3.8, 4) is 6.07 Å². The van der Waals surface area contributed by atoms with Crippen molar-refractivity contribution in [3.63, 3.8) is 0 Å². The van der Waals surface area contributed by atoms with Crippen LogP contribution in [0.5, 0.6) is 0 Å². The molecule has 4 heterocycles. The average Bonchev–Trinajstić information content (AvgIpc) is 3.41. The highest BCUT2D eigenvalue weighted by atomic mass is 19.2. The number of carbonyl (C=O) groups excluding carboxylic acids is 1. The van der Waals surface area contributed by atoms with Crippen LogP contribution in [0, 0.1) is 18.3 Å². The normalized spacial score (nSPS) is 26.5. The molecule has 2 atom stereocenters. The molecule has 30 heavy (non-hydrogen) atoms. The van der Waals surface area contributed by atoms with Gasteiger partial charge in [0.2, 0.25) is 17.5 Å². The maximum absolute atomic E-state index is 15.6. The third-order valence-corrected chi connectivity index (χ3v) is 5.88. The van der Waals surface area contributed by atoms with Crippen molar-refractivity contribution in [3.05, 3.63) is 47.3 Å². The van der Waals surface area contributed by atoms with E-state index in [0.717, 1.165) is 21.4 Å². The lowest BCUT2D eigenvalue weighted by Gasteiger charge is -2.21. The third kappa shape index (κ3) is 2.69. The SMILES string of the molecule is Cc1nnc(CN2C[C@@]3(F)CN(Cc4c[nH]c5ccc(C#N)cc45)C[C@@]3(F)C2=O)o1. The number of aromatic nitrogens is 3. The minimum Gasteiger partial charge on any atom is -0.424 e. The van der Waals surface area contributed by atoms with Crippen LogP contribution in [0.4, 0.5) is 8.78 Å². The first-order chi connectivity index (χ1) is 14.3. The van der Waals surface area contributed by atoms with E-state index in [9.17, 15) is 4.79 Å². The lowest BCUT2D eigenvalue weighted by molar-refractivity contribution is -0.139. The molecular weight excluding hydrogens is 394 g/mol. The Morgan fingerprint density at radius 2 is 2.10 bits per heavy atom. The van der Waals surface area contributed by atoms with Crippen LogP contribution in [0.3, 0.4) is 0 Å². The number of halogens is 2. The Morgan fingerprint density at radius 1 is 1.27 bits per heavy atom. The quantitative estimate of drug-likeness (QED) is 0.703. The molecule has 2 aliphatic heterocycles. The van der Waals surface area contributed by atoms with Gasteiger partial charge < -0.3 is 14.3 Å². The molecule has 2 saturated heterocycles. The van der Waals surface area contributed by atoms with Gasteiger partial charge in [-0.2, -0.15) is 5.26 Å². The first-order valence-corrected chi connectivity index (χ1v) is 9.50. The highest BCUT2D eigenvalue weighted by Crippen LogP contribution is 2.46. The molecule has 10 heteroatoms. The van der Waals surface area contributed by atoms with Crippen molar-refractivity contribution >= 4 is 16.8 Å². The fraction of sp³-hybridized carbons (Fsp3) is 0.400. The molecule has 1 aromatic carbocycles. The Bertz CT molecular complexity index is 1200. The zero-order chi connectivity index (χ0) is 21.1. The highest BCUT2D eigenvalue weighted by molar-refractivity contribution is 5.90. The Morgan fingerprint density at radius 3 is 2.80 bits per heavy atom. The Hall–Kier alpha value is -3.32. The number of aromatic amines is 1. The molecule has 1 N–H and O–H groups in total. The van der Waals surface area contributed by atoms with Gasteiger partial charge in [-0.05, 0) is 23.8 Å². The number of aryl methyl sites for hydroxylation is 1. The summed E-state index contributed by atoms with van der Waals surface area (Å²) in [6, 6.07) is 7.33. The molecule has 2 aliphatic rings. The van der Waals surface area contributed by atoms with Gasteiger partial charge in [0.25, 0.3) is 5.91 Å². The second-order valence-corrected chi connectivity index (χ2v) is 7.97. The lowest BCUT2D eigenvalue weighted by atomic mass is 9.93. The zero-order valence-electron chi connectivity index (χ0n) is 16.2. The van der Waals surface area contributed by atoms with Gasteiger partial charge in [0.1, 0.15) is 0 Å². The van der Waals surface area contributed by atoms with Gasteiger partial charge in [0, 0.05) is 43.7 Å².